The highest BCUT2D eigenvalue weighted by Crippen LogP contribution is 2.33. The molecule has 0 spiro atoms. The quantitative estimate of drug-likeness (QED) is 0.528. The normalized spacial score (nSPS) is 15.2. The highest BCUT2D eigenvalue weighted by Gasteiger charge is 2.35. The molecule has 5 rings (SSSR count). The van der Waals surface area contributed by atoms with Crippen LogP contribution in [0.15, 0.2) is 59.3 Å². The fraction of sp³-hybridized carbons (Fsp3) is 0.250. The average Bonchev–Trinajstić information content (AvgIpc) is 3.35. The predicted molar refractivity (Wildman–Crippen MR) is 118 cm³/mol. The van der Waals surface area contributed by atoms with E-state index in [4.69, 9.17) is 9.40 Å². The number of nitriles is 1. The summed E-state index contributed by atoms with van der Waals surface area (Å²) < 4.78 is 5.89. The molecule has 4 aromatic rings. The zero-order chi connectivity index (χ0) is 22.0. The number of nitrogens with one attached hydrogen (secondary N) is 1. The molecule has 1 saturated heterocycles. The lowest BCUT2D eigenvalue weighted by atomic mass is 9.77. The lowest BCUT2D eigenvalue weighted by molar-refractivity contribution is 0.375. The highest BCUT2D eigenvalue weighted by atomic mass is 16.4. The molecule has 1 N–H and O–H groups in total. The van der Waals surface area contributed by atoms with E-state index in [9.17, 15) is 5.26 Å². The van der Waals surface area contributed by atoms with E-state index in [1.807, 2.05) is 49.4 Å². The Hall–Kier alpha value is -3.96. The van der Waals surface area contributed by atoms with Crippen LogP contribution in [0.4, 0.5) is 0 Å². The Morgan fingerprint density at radius 1 is 1.00 bits per heavy atom. The molecule has 8 nitrogen and oxygen atoms in total. The van der Waals surface area contributed by atoms with E-state index in [1.54, 1.807) is 12.4 Å². The summed E-state index contributed by atoms with van der Waals surface area (Å²) in [6.07, 6.45) is 4.91. The Morgan fingerprint density at radius 3 is 2.56 bits per heavy atom. The molecule has 0 aliphatic carbocycles. The maximum absolute atomic E-state index is 9.91. The van der Waals surface area contributed by atoms with Crippen LogP contribution >= 0.6 is 0 Å². The van der Waals surface area contributed by atoms with Gasteiger partial charge in [0.2, 0.25) is 5.89 Å². The number of piperidine rings is 1. The average molecular weight is 423 g/mol. The number of aromatic nitrogens is 5. The van der Waals surface area contributed by atoms with Gasteiger partial charge in [-0.1, -0.05) is 18.2 Å². The van der Waals surface area contributed by atoms with Crippen molar-refractivity contribution in [2.75, 3.05) is 13.1 Å². The second kappa shape index (κ2) is 8.29. The Morgan fingerprint density at radius 2 is 1.78 bits per heavy atom. The lowest BCUT2D eigenvalue weighted by Crippen LogP contribution is -2.39. The van der Waals surface area contributed by atoms with Crippen molar-refractivity contribution in [1.29, 1.82) is 5.26 Å². The van der Waals surface area contributed by atoms with E-state index < -0.39 is 5.41 Å². The summed E-state index contributed by atoms with van der Waals surface area (Å²) in [5, 5.41) is 21.6. The SMILES string of the molecule is Cc1ncc(-c2ccnc(C3(C#N)CCNCC3)c2)nc1-c1nnc(-c2ccccc2)o1. The van der Waals surface area contributed by atoms with Crippen LogP contribution in [0.3, 0.4) is 0 Å². The molecule has 0 unspecified atom stereocenters. The molecular formula is C24H21N7O. The third-order valence-electron chi connectivity index (χ3n) is 5.82. The standard InChI is InChI=1S/C24H21N7O/c1-16-21(23-31-30-22(32-23)17-5-3-2-4-6-17)29-19(14-28-16)18-7-10-27-20(13-18)24(15-25)8-11-26-12-9-24/h2-7,10,13-14,26H,8-9,11-12H2,1H3. The van der Waals surface area contributed by atoms with Crippen LogP contribution in [0, 0.1) is 18.3 Å². The summed E-state index contributed by atoms with van der Waals surface area (Å²) in [6.45, 7) is 3.46. The molecule has 0 radical (unpaired) electrons. The first-order valence-electron chi connectivity index (χ1n) is 10.5. The van der Waals surface area contributed by atoms with Crippen LogP contribution in [-0.2, 0) is 5.41 Å². The summed E-state index contributed by atoms with van der Waals surface area (Å²) >= 11 is 0. The smallest absolute Gasteiger partial charge is 0.268 e. The largest absolute Gasteiger partial charge is 0.415 e. The molecule has 3 aromatic heterocycles. The van der Waals surface area contributed by atoms with Gasteiger partial charge in [-0.2, -0.15) is 5.26 Å². The van der Waals surface area contributed by atoms with Gasteiger partial charge in [0.1, 0.15) is 11.1 Å². The molecule has 1 fully saturated rings. The van der Waals surface area contributed by atoms with Crippen molar-refractivity contribution in [1.82, 2.24) is 30.5 Å². The van der Waals surface area contributed by atoms with E-state index >= 15 is 0 Å². The highest BCUT2D eigenvalue weighted by molar-refractivity contribution is 5.64. The van der Waals surface area contributed by atoms with E-state index in [0.717, 1.165) is 42.8 Å². The van der Waals surface area contributed by atoms with Gasteiger partial charge >= 0.3 is 0 Å². The van der Waals surface area contributed by atoms with Gasteiger partial charge in [-0.15, -0.1) is 10.2 Å². The zero-order valence-electron chi connectivity index (χ0n) is 17.6. The zero-order valence-corrected chi connectivity index (χ0v) is 17.6. The molecule has 8 heteroatoms. The van der Waals surface area contributed by atoms with Gasteiger partial charge in [0, 0.05) is 17.3 Å². The lowest BCUT2D eigenvalue weighted by Gasteiger charge is -2.30. The molecule has 4 heterocycles. The minimum Gasteiger partial charge on any atom is -0.415 e. The molecule has 0 amide bonds. The molecule has 1 aromatic carbocycles. The van der Waals surface area contributed by atoms with Crippen molar-refractivity contribution in [2.24, 2.45) is 0 Å². The Bertz CT molecular complexity index is 1290. The van der Waals surface area contributed by atoms with E-state index in [0.29, 0.717) is 28.9 Å². The first kappa shape index (κ1) is 20.0. The van der Waals surface area contributed by atoms with Crippen LogP contribution in [0.5, 0.6) is 0 Å². The van der Waals surface area contributed by atoms with Crippen molar-refractivity contribution < 1.29 is 4.42 Å². The predicted octanol–water partition coefficient (Wildman–Crippen LogP) is 3.71. The molecule has 0 atom stereocenters. The Labute approximate surface area is 185 Å². The third-order valence-corrected chi connectivity index (χ3v) is 5.82. The molecule has 158 valence electrons. The minimum atomic E-state index is -0.584. The first-order chi connectivity index (χ1) is 15.7. The number of rotatable bonds is 4. The van der Waals surface area contributed by atoms with Gasteiger partial charge in [-0.3, -0.25) is 9.97 Å². The minimum absolute atomic E-state index is 0.317. The number of benzene rings is 1. The van der Waals surface area contributed by atoms with Gasteiger partial charge in [0.15, 0.2) is 0 Å². The molecule has 0 bridgehead atoms. The van der Waals surface area contributed by atoms with Crippen molar-refractivity contribution >= 4 is 0 Å². The molecule has 0 saturated carbocycles. The van der Waals surface area contributed by atoms with Gasteiger partial charge in [-0.05, 0) is 57.1 Å². The van der Waals surface area contributed by atoms with E-state index in [-0.39, 0.29) is 0 Å². The Kier molecular flexibility index (Phi) is 5.17. The molecule has 1 aliphatic rings. The summed E-state index contributed by atoms with van der Waals surface area (Å²) in [4.78, 5) is 13.8. The van der Waals surface area contributed by atoms with Crippen LogP contribution in [-0.4, -0.2) is 38.2 Å². The van der Waals surface area contributed by atoms with Crippen molar-refractivity contribution in [3.63, 3.8) is 0 Å². The third kappa shape index (κ3) is 3.63. The van der Waals surface area contributed by atoms with Crippen LogP contribution in [0.2, 0.25) is 0 Å². The fourth-order valence-corrected chi connectivity index (χ4v) is 3.94. The Balaban J connectivity index is 1.51. The number of hydrogen-bond donors (Lipinski definition) is 1. The summed E-state index contributed by atoms with van der Waals surface area (Å²) in [7, 11) is 0. The molecule has 1 aliphatic heterocycles. The molecule has 32 heavy (non-hydrogen) atoms. The van der Waals surface area contributed by atoms with Crippen molar-refractivity contribution in [2.45, 2.75) is 25.2 Å². The van der Waals surface area contributed by atoms with E-state index in [2.05, 4.69) is 31.6 Å². The van der Waals surface area contributed by atoms with E-state index in [1.165, 1.54) is 0 Å². The topological polar surface area (TPSA) is 113 Å². The number of hydrogen-bond acceptors (Lipinski definition) is 8. The second-order valence-corrected chi connectivity index (χ2v) is 7.84. The van der Waals surface area contributed by atoms with Crippen molar-refractivity contribution in [3.8, 4) is 40.4 Å². The maximum atomic E-state index is 9.91. The molecular weight excluding hydrogens is 402 g/mol. The second-order valence-electron chi connectivity index (χ2n) is 7.84. The monoisotopic (exact) mass is 423 g/mol. The van der Waals surface area contributed by atoms with Gasteiger partial charge in [0.25, 0.3) is 5.89 Å². The number of pyridine rings is 1. The fourth-order valence-electron chi connectivity index (χ4n) is 3.94. The van der Waals surface area contributed by atoms with Gasteiger partial charge in [0.05, 0.1) is 29.3 Å². The van der Waals surface area contributed by atoms with Crippen LogP contribution in [0.1, 0.15) is 24.2 Å². The summed E-state index contributed by atoms with van der Waals surface area (Å²) in [6, 6.07) is 15.9. The summed E-state index contributed by atoms with van der Waals surface area (Å²) in [5.74, 6) is 0.747. The summed E-state index contributed by atoms with van der Waals surface area (Å²) in [5.41, 5.74) is 3.77. The van der Waals surface area contributed by atoms with Crippen LogP contribution < -0.4 is 5.32 Å². The number of nitrogens with zero attached hydrogens (tertiary/aromatic N) is 6. The maximum Gasteiger partial charge on any atom is 0.268 e. The number of aryl methyl sites for hydroxylation is 1. The van der Waals surface area contributed by atoms with Gasteiger partial charge in [-0.25, -0.2) is 4.98 Å². The van der Waals surface area contributed by atoms with Crippen LogP contribution in [0.25, 0.3) is 34.3 Å². The van der Waals surface area contributed by atoms with Gasteiger partial charge < -0.3 is 9.73 Å². The first-order valence-corrected chi connectivity index (χ1v) is 10.5. The van der Waals surface area contributed by atoms with Crippen molar-refractivity contribution in [3.05, 3.63) is 66.2 Å².